The largest absolute Gasteiger partial charge is 0.303 e. The molecule has 0 aliphatic carbocycles. The lowest BCUT2D eigenvalue weighted by molar-refractivity contribution is -0.107. The molecule has 1 aromatic carbocycles. The maximum atomic E-state index is 12.9. The minimum absolute atomic E-state index is 0.234. The second-order valence-corrected chi connectivity index (χ2v) is 4.60. The van der Waals surface area contributed by atoms with Crippen LogP contribution in [0, 0.1) is 5.82 Å². The Kier molecular flexibility index (Phi) is 3.41. The quantitative estimate of drug-likeness (QED) is 0.762. The van der Waals surface area contributed by atoms with Crippen LogP contribution in [0.5, 0.6) is 0 Å². The molecular formula is C12H10FNOS. The molecule has 82 valence electrons. The van der Waals surface area contributed by atoms with Gasteiger partial charge in [-0.05, 0) is 17.7 Å². The predicted octanol–water partition coefficient (Wildman–Crippen LogP) is 2.61. The van der Waals surface area contributed by atoms with Crippen molar-refractivity contribution in [3.05, 3.63) is 51.7 Å². The first-order chi connectivity index (χ1) is 7.78. The SMILES string of the molecule is O=CCc1cnc(Cc2cccc(F)c2)s1. The molecule has 4 heteroatoms. The third-order valence-corrected chi connectivity index (χ3v) is 3.15. The van der Waals surface area contributed by atoms with Crippen LogP contribution < -0.4 is 0 Å². The highest BCUT2D eigenvalue weighted by Gasteiger charge is 2.03. The number of carbonyl (C=O) groups excluding carboxylic acids is 1. The number of carbonyl (C=O) groups is 1. The number of aldehydes is 1. The van der Waals surface area contributed by atoms with E-state index in [0.29, 0.717) is 12.8 Å². The lowest BCUT2D eigenvalue weighted by Crippen LogP contribution is -1.87. The fraction of sp³-hybridized carbons (Fsp3) is 0.167. The van der Waals surface area contributed by atoms with E-state index in [1.54, 1.807) is 12.3 Å². The monoisotopic (exact) mass is 235 g/mol. The maximum absolute atomic E-state index is 12.9. The van der Waals surface area contributed by atoms with E-state index in [1.807, 2.05) is 6.07 Å². The Hall–Kier alpha value is -1.55. The number of hydrogen-bond acceptors (Lipinski definition) is 3. The highest BCUT2D eigenvalue weighted by atomic mass is 32.1. The van der Waals surface area contributed by atoms with Gasteiger partial charge in [-0.15, -0.1) is 11.3 Å². The summed E-state index contributed by atoms with van der Waals surface area (Å²) in [4.78, 5) is 15.5. The van der Waals surface area contributed by atoms with E-state index >= 15 is 0 Å². The van der Waals surface area contributed by atoms with Gasteiger partial charge in [0.2, 0.25) is 0 Å². The standard InChI is InChI=1S/C12H10FNOS/c13-10-3-1-2-9(6-10)7-12-14-8-11(16-12)4-5-15/h1-3,5-6,8H,4,7H2. The van der Waals surface area contributed by atoms with E-state index in [1.165, 1.54) is 23.5 Å². The number of aromatic nitrogens is 1. The van der Waals surface area contributed by atoms with Crippen molar-refractivity contribution in [2.45, 2.75) is 12.8 Å². The first-order valence-corrected chi connectivity index (χ1v) is 5.71. The Morgan fingerprint density at radius 1 is 1.44 bits per heavy atom. The number of benzene rings is 1. The van der Waals surface area contributed by atoms with Crippen LogP contribution >= 0.6 is 11.3 Å². The molecule has 0 fully saturated rings. The fourth-order valence-corrected chi connectivity index (χ4v) is 2.33. The van der Waals surface area contributed by atoms with Crippen LogP contribution in [0.15, 0.2) is 30.5 Å². The molecule has 0 saturated carbocycles. The highest BCUT2D eigenvalue weighted by molar-refractivity contribution is 7.11. The van der Waals surface area contributed by atoms with Gasteiger partial charge in [-0.25, -0.2) is 9.37 Å². The third-order valence-electron chi connectivity index (χ3n) is 2.13. The van der Waals surface area contributed by atoms with Gasteiger partial charge in [0.1, 0.15) is 12.1 Å². The van der Waals surface area contributed by atoms with Gasteiger partial charge in [-0.3, -0.25) is 0 Å². The van der Waals surface area contributed by atoms with E-state index in [-0.39, 0.29) is 5.82 Å². The molecule has 0 aliphatic heterocycles. The summed E-state index contributed by atoms with van der Waals surface area (Å²) in [5.41, 5.74) is 0.895. The first kappa shape index (κ1) is 11.0. The van der Waals surface area contributed by atoms with Crippen LogP contribution in [-0.2, 0) is 17.6 Å². The second kappa shape index (κ2) is 4.99. The summed E-state index contributed by atoms with van der Waals surface area (Å²) >= 11 is 1.49. The second-order valence-electron chi connectivity index (χ2n) is 3.40. The summed E-state index contributed by atoms with van der Waals surface area (Å²) in [6.07, 6.45) is 3.58. The Balaban J connectivity index is 2.11. The molecule has 2 aromatic rings. The molecule has 1 heterocycles. The lowest BCUT2D eigenvalue weighted by Gasteiger charge is -1.97. The summed E-state index contributed by atoms with van der Waals surface area (Å²) in [5.74, 6) is -0.234. The van der Waals surface area contributed by atoms with Crippen molar-refractivity contribution in [3.8, 4) is 0 Å². The van der Waals surface area contributed by atoms with Crippen molar-refractivity contribution in [2.24, 2.45) is 0 Å². The molecule has 0 N–H and O–H groups in total. The lowest BCUT2D eigenvalue weighted by atomic mass is 10.1. The van der Waals surface area contributed by atoms with E-state index in [9.17, 15) is 9.18 Å². The Morgan fingerprint density at radius 3 is 3.06 bits per heavy atom. The fourth-order valence-electron chi connectivity index (χ4n) is 1.43. The van der Waals surface area contributed by atoms with Crippen molar-refractivity contribution in [3.63, 3.8) is 0 Å². The third kappa shape index (κ3) is 2.73. The Bertz CT molecular complexity index is 495. The molecule has 0 bridgehead atoms. The van der Waals surface area contributed by atoms with Crippen LogP contribution in [0.3, 0.4) is 0 Å². The molecule has 0 unspecified atom stereocenters. The minimum Gasteiger partial charge on any atom is -0.303 e. The van der Waals surface area contributed by atoms with Crippen molar-refractivity contribution >= 4 is 17.6 Å². The van der Waals surface area contributed by atoms with Crippen LogP contribution in [0.25, 0.3) is 0 Å². The summed E-state index contributed by atoms with van der Waals surface area (Å²) in [6, 6.07) is 6.47. The molecule has 1 aromatic heterocycles. The van der Waals surface area contributed by atoms with E-state index in [4.69, 9.17) is 0 Å². The number of thiazole rings is 1. The molecule has 2 nitrogen and oxygen atoms in total. The summed E-state index contributed by atoms with van der Waals surface area (Å²) in [6.45, 7) is 0. The van der Waals surface area contributed by atoms with Gasteiger partial charge in [0.05, 0.1) is 5.01 Å². The van der Waals surface area contributed by atoms with Crippen LogP contribution in [0.1, 0.15) is 15.4 Å². The van der Waals surface area contributed by atoms with Crippen LogP contribution in [0.2, 0.25) is 0 Å². The molecule has 0 aliphatic rings. The number of hydrogen-bond donors (Lipinski definition) is 0. The van der Waals surface area contributed by atoms with Crippen molar-refractivity contribution < 1.29 is 9.18 Å². The van der Waals surface area contributed by atoms with Crippen LogP contribution in [-0.4, -0.2) is 11.3 Å². The first-order valence-electron chi connectivity index (χ1n) is 4.89. The minimum atomic E-state index is -0.234. The molecule has 2 rings (SSSR count). The predicted molar refractivity (Wildman–Crippen MR) is 61.1 cm³/mol. The molecule has 0 spiro atoms. The molecule has 16 heavy (non-hydrogen) atoms. The van der Waals surface area contributed by atoms with Gasteiger partial charge >= 0.3 is 0 Å². The smallest absolute Gasteiger partial charge is 0.125 e. The van der Waals surface area contributed by atoms with Gasteiger partial charge in [-0.2, -0.15) is 0 Å². The van der Waals surface area contributed by atoms with Crippen molar-refractivity contribution in [2.75, 3.05) is 0 Å². The van der Waals surface area contributed by atoms with Gasteiger partial charge in [0, 0.05) is 23.9 Å². The Labute approximate surface area is 96.8 Å². The molecular weight excluding hydrogens is 225 g/mol. The average molecular weight is 235 g/mol. The normalized spacial score (nSPS) is 10.3. The average Bonchev–Trinajstić information content (AvgIpc) is 2.66. The summed E-state index contributed by atoms with van der Waals surface area (Å²) in [5, 5.41) is 0.905. The summed E-state index contributed by atoms with van der Waals surface area (Å²) < 4.78 is 12.9. The number of halogens is 1. The van der Waals surface area contributed by atoms with Crippen molar-refractivity contribution in [1.29, 1.82) is 0 Å². The van der Waals surface area contributed by atoms with Gasteiger partial charge < -0.3 is 4.79 Å². The molecule has 0 saturated heterocycles. The van der Waals surface area contributed by atoms with Gasteiger partial charge in [0.25, 0.3) is 0 Å². The Morgan fingerprint density at radius 2 is 2.31 bits per heavy atom. The van der Waals surface area contributed by atoms with Crippen LogP contribution in [0.4, 0.5) is 4.39 Å². The van der Waals surface area contributed by atoms with Gasteiger partial charge in [0.15, 0.2) is 0 Å². The van der Waals surface area contributed by atoms with Gasteiger partial charge in [-0.1, -0.05) is 12.1 Å². The zero-order valence-corrected chi connectivity index (χ0v) is 9.34. The molecule has 0 radical (unpaired) electrons. The molecule has 0 atom stereocenters. The highest BCUT2D eigenvalue weighted by Crippen LogP contribution is 2.17. The summed E-state index contributed by atoms with van der Waals surface area (Å²) in [7, 11) is 0. The zero-order valence-electron chi connectivity index (χ0n) is 8.52. The van der Waals surface area contributed by atoms with Crippen molar-refractivity contribution in [1.82, 2.24) is 4.98 Å². The zero-order chi connectivity index (χ0) is 11.4. The maximum Gasteiger partial charge on any atom is 0.125 e. The number of rotatable bonds is 4. The number of nitrogens with zero attached hydrogens (tertiary/aromatic N) is 1. The van der Waals surface area contributed by atoms with E-state index in [0.717, 1.165) is 21.7 Å². The molecule has 0 amide bonds. The van der Waals surface area contributed by atoms with E-state index < -0.39 is 0 Å². The topological polar surface area (TPSA) is 30.0 Å². The van der Waals surface area contributed by atoms with E-state index in [2.05, 4.69) is 4.98 Å².